The fourth-order valence-electron chi connectivity index (χ4n) is 1.29. The number of amides is 1. The first kappa shape index (κ1) is 9.32. The van der Waals surface area contributed by atoms with Crippen LogP contribution in [0.25, 0.3) is 0 Å². The molecule has 6 nitrogen and oxygen atoms in total. The molecule has 1 fully saturated rings. The Labute approximate surface area is 73.9 Å². The van der Waals surface area contributed by atoms with Gasteiger partial charge in [0.15, 0.2) is 0 Å². The largest absolute Gasteiger partial charge is 0.280 e. The molecule has 0 bridgehead atoms. The lowest BCUT2D eigenvalue weighted by molar-refractivity contribution is -0.121. The van der Waals surface area contributed by atoms with Crippen molar-refractivity contribution in [2.45, 2.75) is 18.9 Å². The van der Waals surface area contributed by atoms with Crippen LogP contribution in [-0.2, 0) is 14.4 Å². The van der Waals surface area contributed by atoms with Crippen LogP contribution in [0.2, 0.25) is 0 Å². The monoisotopic (exact) mass is 181 g/mol. The van der Waals surface area contributed by atoms with E-state index in [1.807, 2.05) is 0 Å². The maximum Gasteiger partial charge on any atom is 0.280 e. The molecule has 1 aliphatic rings. The van der Waals surface area contributed by atoms with Gasteiger partial charge in [-0.25, -0.2) is 9.59 Å². The van der Waals surface area contributed by atoms with Crippen LogP contribution in [0.4, 0.5) is 0 Å². The molecule has 68 valence electrons. The van der Waals surface area contributed by atoms with Gasteiger partial charge in [0, 0.05) is 6.54 Å². The highest BCUT2D eigenvalue weighted by Crippen LogP contribution is 2.17. The molecule has 0 radical (unpaired) electrons. The lowest BCUT2D eigenvalue weighted by Gasteiger charge is -2.14. The molecular weight excluding hydrogens is 174 g/mol. The van der Waals surface area contributed by atoms with Gasteiger partial charge in [0.1, 0.15) is 6.04 Å². The molecule has 1 heterocycles. The van der Waals surface area contributed by atoms with Crippen LogP contribution < -0.4 is 0 Å². The molecule has 0 N–H and O–H groups in total. The summed E-state index contributed by atoms with van der Waals surface area (Å²) in [4.78, 5) is 33.8. The highest BCUT2D eigenvalue weighted by molar-refractivity contribution is 5.86. The number of isocyanates is 2. The summed E-state index contributed by atoms with van der Waals surface area (Å²) >= 11 is 0. The summed E-state index contributed by atoms with van der Waals surface area (Å²) in [5.41, 5.74) is 0. The Morgan fingerprint density at radius 3 is 2.77 bits per heavy atom. The molecule has 0 aromatic carbocycles. The summed E-state index contributed by atoms with van der Waals surface area (Å²) in [7, 11) is 0. The second-order valence-corrected chi connectivity index (χ2v) is 2.55. The minimum Gasteiger partial charge on any atom is -0.273 e. The average molecular weight is 181 g/mol. The smallest absolute Gasteiger partial charge is 0.273 e. The van der Waals surface area contributed by atoms with E-state index in [0.717, 1.165) is 6.42 Å². The number of hydrazone groups is 1. The molecule has 1 amide bonds. The van der Waals surface area contributed by atoms with E-state index >= 15 is 0 Å². The number of carbonyl (C=O) groups excluding carboxylic acids is 3. The molecule has 0 spiro atoms. The predicted molar refractivity (Wildman–Crippen MR) is 41.0 cm³/mol. The van der Waals surface area contributed by atoms with Crippen LogP contribution >= 0.6 is 0 Å². The Balaban J connectivity index is 2.73. The second kappa shape index (κ2) is 4.30. The Bertz CT molecular complexity index is 302. The second-order valence-electron chi connectivity index (χ2n) is 2.55. The van der Waals surface area contributed by atoms with Gasteiger partial charge < -0.3 is 0 Å². The molecular formula is C7H7N3O3. The Hall–Kier alpha value is -1.77. The van der Waals surface area contributed by atoms with E-state index in [0.29, 0.717) is 13.0 Å². The number of carbonyl (C=O) groups is 1. The third-order valence-corrected chi connectivity index (χ3v) is 1.83. The van der Waals surface area contributed by atoms with Crippen LogP contribution in [-0.4, -0.2) is 35.7 Å². The average Bonchev–Trinajstić information content (AvgIpc) is 2.54. The number of nitrogens with zero attached hydrogens (tertiary/aromatic N) is 3. The molecule has 0 aliphatic carbocycles. The van der Waals surface area contributed by atoms with Crippen molar-refractivity contribution in [3.8, 4) is 0 Å². The third-order valence-electron chi connectivity index (χ3n) is 1.83. The van der Waals surface area contributed by atoms with Crippen molar-refractivity contribution in [1.82, 2.24) is 5.01 Å². The van der Waals surface area contributed by atoms with Crippen LogP contribution in [0, 0.1) is 0 Å². The van der Waals surface area contributed by atoms with Crippen LogP contribution in [0.3, 0.4) is 0 Å². The molecule has 1 rings (SSSR count). The van der Waals surface area contributed by atoms with Crippen molar-refractivity contribution in [2.24, 2.45) is 10.1 Å². The summed E-state index contributed by atoms with van der Waals surface area (Å²) in [6, 6.07) is -0.595. The van der Waals surface area contributed by atoms with Gasteiger partial charge >= 0.3 is 0 Å². The van der Waals surface area contributed by atoms with E-state index in [1.54, 1.807) is 0 Å². The third kappa shape index (κ3) is 2.08. The van der Waals surface area contributed by atoms with E-state index < -0.39 is 11.9 Å². The van der Waals surface area contributed by atoms with Gasteiger partial charge in [-0.15, -0.1) is 4.99 Å². The maximum absolute atomic E-state index is 11.1. The van der Waals surface area contributed by atoms with Crippen molar-refractivity contribution in [3.63, 3.8) is 0 Å². The van der Waals surface area contributed by atoms with Gasteiger partial charge in [-0.05, 0) is 12.8 Å². The van der Waals surface area contributed by atoms with Crippen LogP contribution in [0.1, 0.15) is 12.8 Å². The first-order valence-corrected chi connectivity index (χ1v) is 3.75. The molecule has 0 saturated carbocycles. The van der Waals surface area contributed by atoms with Crippen molar-refractivity contribution in [2.75, 3.05) is 6.54 Å². The molecule has 1 atom stereocenters. The summed E-state index contributed by atoms with van der Waals surface area (Å²) in [5.74, 6) is -0.605. The van der Waals surface area contributed by atoms with E-state index in [2.05, 4.69) is 10.1 Å². The zero-order chi connectivity index (χ0) is 9.68. The van der Waals surface area contributed by atoms with E-state index in [4.69, 9.17) is 0 Å². The Morgan fingerprint density at radius 1 is 1.38 bits per heavy atom. The predicted octanol–water partition coefficient (Wildman–Crippen LogP) is -0.436. The molecule has 0 aromatic rings. The van der Waals surface area contributed by atoms with Gasteiger partial charge in [-0.1, -0.05) is 5.10 Å². The Kier molecular flexibility index (Phi) is 3.09. The quantitative estimate of drug-likeness (QED) is 0.427. The zero-order valence-corrected chi connectivity index (χ0v) is 6.77. The first-order chi connectivity index (χ1) is 6.29. The molecule has 1 aliphatic heterocycles. The van der Waals surface area contributed by atoms with Crippen LogP contribution in [0.15, 0.2) is 10.1 Å². The minimum absolute atomic E-state index is 0.514. The van der Waals surface area contributed by atoms with Crippen molar-refractivity contribution in [1.29, 1.82) is 0 Å². The minimum atomic E-state index is -0.605. The Morgan fingerprint density at radius 2 is 2.15 bits per heavy atom. The lowest BCUT2D eigenvalue weighted by Crippen LogP contribution is -2.30. The highest BCUT2D eigenvalue weighted by atomic mass is 16.2. The SMILES string of the molecule is O=C=NC(=O)[C@@H]1CCCN1N=C=O. The number of rotatable bonds is 2. The normalized spacial score (nSPS) is 20.3. The number of hydrogen-bond donors (Lipinski definition) is 0. The van der Waals surface area contributed by atoms with Crippen molar-refractivity contribution in [3.05, 3.63) is 0 Å². The van der Waals surface area contributed by atoms with Crippen molar-refractivity contribution < 1.29 is 14.4 Å². The summed E-state index contributed by atoms with van der Waals surface area (Å²) in [5, 5.41) is 4.61. The van der Waals surface area contributed by atoms with Crippen LogP contribution in [0.5, 0.6) is 0 Å². The molecule has 0 aromatic heterocycles. The van der Waals surface area contributed by atoms with Gasteiger partial charge in [0.25, 0.3) is 12.0 Å². The van der Waals surface area contributed by atoms with E-state index in [1.165, 1.54) is 17.2 Å². The van der Waals surface area contributed by atoms with E-state index in [9.17, 15) is 14.4 Å². The molecule has 1 saturated heterocycles. The summed E-state index contributed by atoms with van der Waals surface area (Å²) < 4.78 is 0. The summed E-state index contributed by atoms with van der Waals surface area (Å²) in [6.45, 7) is 0.514. The summed E-state index contributed by atoms with van der Waals surface area (Å²) in [6.07, 6.45) is 3.81. The van der Waals surface area contributed by atoms with Gasteiger partial charge in [-0.3, -0.25) is 9.80 Å². The standard InChI is InChI=1S/C7H7N3O3/c11-4-8-7(13)6-2-1-3-10(6)9-5-12/h6H,1-3H2/t6-/m0/s1. The number of aliphatic imine (C=N–C) groups is 1. The van der Waals surface area contributed by atoms with Crippen molar-refractivity contribution >= 4 is 18.1 Å². The molecule has 6 heteroatoms. The first-order valence-electron chi connectivity index (χ1n) is 3.75. The lowest BCUT2D eigenvalue weighted by atomic mass is 10.2. The van der Waals surface area contributed by atoms with Gasteiger partial charge in [0.2, 0.25) is 6.08 Å². The fourth-order valence-corrected chi connectivity index (χ4v) is 1.29. The van der Waals surface area contributed by atoms with Gasteiger partial charge in [-0.2, -0.15) is 0 Å². The molecule has 0 unspecified atom stereocenters. The van der Waals surface area contributed by atoms with E-state index in [-0.39, 0.29) is 0 Å². The number of hydrogen-bond acceptors (Lipinski definition) is 5. The highest BCUT2D eigenvalue weighted by Gasteiger charge is 2.29. The zero-order valence-electron chi connectivity index (χ0n) is 6.77. The maximum atomic E-state index is 11.1. The topological polar surface area (TPSA) is 79.2 Å². The fraction of sp³-hybridized carbons (Fsp3) is 0.571. The van der Waals surface area contributed by atoms with Gasteiger partial charge in [0.05, 0.1) is 0 Å². The molecule has 13 heavy (non-hydrogen) atoms.